The summed E-state index contributed by atoms with van der Waals surface area (Å²) < 4.78 is 0. The molecule has 2 nitrogen and oxygen atoms in total. The van der Waals surface area contributed by atoms with Crippen LogP contribution >= 0.6 is 0 Å². The van der Waals surface area contributed by atoms with Crippen molar-refractivity contribution >= 4 is 34.1 Å². The van der Waals surface area contributed by atoms with E-state index in [0.29, 0.717) is 0 Å². The van der Waals surface area contributed by atoms with Gasteiger partial charge in [-0.25, -0.2) is 0 Å². The Bertz CT molecular complexity index is 4110. The van der Waals surface area contributed by atoms with E-state index in [1.807, 2.05) is 0 Å². The summed E-state index contributed by atoms with van der Waals surface area (Å²) in [5.74, 6) is 0. The molecular weight excluding hydrogens is 929 g/mol. The lowest BCUT2D eigenvalue weighted by atomic mass is 9.67. The molecule has 0 spiro atoms. The zero-order chi connectivity index (χ0) is 50.9. The van der Waals surface area contributed by atoms with Gasteiger partial charge in [0.05, 0.1) is 16.5 Å². The smallest absolute Gasteiger partial charge is 0.0714 e. The fourth-order valence-corrected chi connectivity index (χ4v) is 13.7. The second-order valence-corrected chi connectivity index (χ2v) is 20.7. The van der Waals surface area contributed by atoms with E-state index in [0.717, 1.165) is 34.9 Å². The second-order valence-electron chi connectivity index (χ2n) is 20.7. The van der Waals surface area contributed by atoms with Gasteiger partial charge >= 0.3 is 0 Å². The van der Waals surface area contributed by atoms with Crippen molar-refractivity contribution in [2.24, 2.45) is 0 Å². The lowest BCUT2D eigenvalue weighted by Gasteiger charge is -2.35. The Hall–Kier alpha value is -9.76. The monoisotopic (exact) mass is 980 g/mol. The summed E-state index contributed by atoms with van der Waals surface area (Å²) in [7, 11) is 0. The van der Waals surface area contributed by atoms with Gasteiger partial charge in [-0.3, -0.25) is 0 Å². The van der Waals surface area contributed by atoms with Gasteiger partial charge in [-0.1, -0.05) is 237 Å². The highest BCUT2D eigenvalue weighted by molar-refractivity contribution is 5.93. The minimum absolute atomic E-state index is 0.515. The number of nitrogens with zero attached hydrogens (tertiary/aromatic N) is 2. The molecule has 3 aliphatic carbocycles. The van der Waals surface area contributed by atoms with Gasteiger partial charge in [0.25, 0.3) is 0 Å². The summed E-state index contributed by atoms with van der Waals surface area (Å²) in [4.78, 5) is 4.94. The highest BCUT2D eigenvalue weighted by Crippen LogP contribution is 2.59. The molecule has 0 atom stereocenters. The summed E-state index contributed by atoms with van der Waals surface area (Å²) in [6, 6.07) is 113. The first-order chi connectivity index (χ1) is 38.2. The van der Waals surface area contributed by atoms with Crippen LogP contribution in [0.25, 0.3) is 33.4 Å². The zero-order valence-electron chi connectivity index (χ0n) is 42.5. The van der Waals surface area contributed by atoms with E-state index < -0.39 is 10.8 Å². The molecule has 15 rings (SSSR count). The lowest BCUT2D eigenvalue weighted by Crippen LogP contribution is -2.28. The van der Waals surface area contributed by atoms with Crippen molar-refractivity contribution in [3.63, 3.8) is 0 Å². The maximum atomic E-state index is 2.49. The molecule has 12 aromatic rings. The molecule has 0 aromatic heterocycles. The average molecular weight is 981 g/mol. The molecule has 77 heavy (non-hydrogen) atoms. The van der Waals surface area contributed by atoms with Crippen molar-refractivity contribution in [1.29, 1.82) is 0 Å². The number of hydrogen-bond donors (Lipinski definition) is 0. The van der Waals surface area contributed by atoms with Gasteiger partial charge in [-0.15, -0.1) is 0 Å². The molecule has 0 N–H and O–H groups in total. The van der Waals surface area contributed by atoms with Crippen molar-refractivity contribution in [2.75, 3.05) is 9.80 Å². The summed E-state index contributed by atoms with van der Waals surface area (Å²) in [5.41, 5.74) is 26.2. The van der Waals surface area contributed by atoms with Crippen LogP contribution in [-0.2, 0) is 17.3 Å². The van der Waals surface area contributed by atoms with E-state index in [2.05, 4.69) is 313 Å². The molecule has 0 fully saturated rings. The SMILES string of the molecule is c1ccc(N(c2cccc(C3(c4ccccc4)c4ccccc4-c4ccccc43)c2)c2ccc3c(c2)-c2cccc(N(c4ccccc4)c4cccc(C5(c6ccccc6)c6ccccc6-c6ccccc65)c4)c2C3)cc1. The number of rotatable bonds is 10. The third-order valence-electron chi connectivity index (χ3n) is 16.8. The number of para-hydroxylation sites is 2. The van der Waals surface area contributed by atoms with E-state index >= 15 is 0 Å². The Morgan fingerprint density at radius 3 is 1.06 bits per heavy atom. The number of hydrogen-bond acceptors (Lipinski definition) is 2. The molecule has 0 saturated carbocycles. The van der Waals surface area contributed by atoms with Crippen LogP contribution in [0, 0.1) is 0 Å². The predicted octanol–water partition coefficient (Wildman–Crippen LogP) is 18.9. The molecule has 12 aromatic carbocycles. The van der Waals surface area contributed by atoms with Gasteiger partial charge in [0.1, 0.15) is 0 Å². The Morgan fingerprint density at radius 1 is 0.234 bits per heavy atom. The average Bonchev–Trinajstić information content (AvgIpc) is 4.25. The van der Waals surface area contributed by atoms with Crippen LogP contribution in [-0.4, -0.2) is 0 Å². The van der Waals surface area contributed by atoms with Crippen molar-refractivity contribution < 1.29 is 0 Å². The molecule has 362 valence electrons. The van der Waals surface area contributed by atoms with Crippen molar-refractivity contribution in [1.82, 2.24) is 0 Å². The van der Waals surface area contributed by atoms with Crippen molar-refractivity contribution in [3.8, 4) is 33.4 Å². The van der Waals surface area contributed by atoms with Crippen LogP contribution in [0.4, 0.5) is 34.1 Å². The van der Waals surface area contributed by atoms with Crippen LogP contribution in [0.5, 0.6) is 0 Å². The molecule has 0 bridgehead atoms. The zero-order valence-corrected chi connectivity index (χ0v) is 42.5. The fourth-order valence-electron chi connectivity index (χ4n) is 13.7. The summed E-state index contributed by atoms with van der Waals surface area (Å²) in [5, 5.41) is 0. The van der Waals surface area contributed by atoms with Crippen LogP contribution in [0.15, 0.2) is 303 Å². The molecule has 0 aliphatic heterocycles. The fraction of sp³-hybridized carbons (Fsp3) is 0.0400. The second kappa shape index (κ2) is 18.0. The first kappa shape index (κ1) is 44.7. The highest BCUT2D eigenvalue weighted by Gasteiger charge is 2.47. The summed E-state index contributed by atoms with van der Waals surface area (Å²) >= 11 is 0. The molecule has 0 amide bonds. The third-order valence-corrected chi connectivity index (χ3v) is 16.8. The minimum Gasteiger partial charge on any atom is -0.310 e. The first-order valence-electron chi connectivity index (χ1n) is 26.9. The maximum absolute atomic E-state index is 2.49. The Kier molecular flexibility index (Phi) is 10.4. The van der Waals surface area contributed by atoms with Gasteiger partial charge in [0, 0.05) is 34.9 Å². The number of fused-ring (bicyclic) bond motifs is 9. The minimum atomic E-state index is -0.517. The van der Waals surface area contributed by atoms with Crippen molar-refractivity contribution in [3.05, 3.63) is 359 Å². The molecule has 0 heterocycles. The van der Waals surface area contributed by atoms with Gasteiger partial charge in [0.2, 0.25) is 0 Å². The van der Waals surface area contributed by atoms with Crippen LogP contribution in [0.1, 0.15) is 55.6 Å². The van der Waals surface area contributed by atoms with Crippen LogP contribution < -0.4 is 9.80 Å². The Balaban J connectivity index is 0.874. The Morgan fingerprint density at radius 2 is 0.584 bits per heavy atom. The molecule has 2 heteroatoms. The molecular formula is C75H52N2. The Labute approximate surface area is 451 Å². The van der Waals surface area contributed by atoms with E-state index in [-0.39, 0.29) is 0 Å². The van der Waals surface area contributed by atoms with Crippen LogP contribution in [0.3, 0.4) is 0 Å². The number of benzene rings is 12. The lowest BCUT2D eigenvalue weighted by molar-refractivity contribution is 0.768. The maximum Gasteiger partial charge on any atom is 0.0714 e. The van der Waals surface area contributed by atoms with E-state index in [4.69, 9.17) is 0 Å². The van der Waals surface area contributed by atoms with Gasteiger partial charge in [0.15, 0.2) is 0 Å². The summed E-state index contributed by atoms with van der Waals surface area (Å²) in [6.07, 6.45) is 0.818. The van der Waals surface area contributed by atoms with E-state index in [1.165, 1.54) is 94.7 Å². The summed E-state index contributed by atoms with van der Waals surface area (Å²) in [6.45, 7) is 0. The first-order valence-corrected chi connectivity index (χ1v) is 26.9. The van der Waals surface area contributed by atoms with Crippen LogP contribution in [0.2, 0.25) is 0 Å². The van der Waals surface area contributed by atoms with Gasteiger partial charge < -0.3 is 9.80 Å². The molecule has 0 radical (unpaired) electrons. The molecule has 0 unspecified atom stereocenters. The quantitative estimate of drug-likeness (QED) is 0.135. The highest BCUT2D eigenvalue weighted by atomic mass is 15.2. The van der Waals surface area contributed by atoms with E-state index in [9.17, 15) is 0 Å². The molecule has 3 aliphatic rings. The third kappa shape index (κ3) is 6.75. The van der Waals surface area contributed by atoms with E-state index in [1.54, 1.807) is 0 Å². The van der Waals surface area contributed by atoms with Crippen molar-refractivity contribution in [2.45, 2.75) is 17.3 Å². The molecule has 0 saturated heterocycles. The number of anilines is 6. The predicted molar refractivity (Wildman–Crippen MR) is 319 cm³/mol. The van der Waals surface area contributed by atoms with Gasteiger partial charge in [-0.2, -0.15) is 0 Å². The largest absolute Gasteiger partial charge is 0.310 e. The normalized spacial score (nSPS) is 13.6. The topological polar surface area (TPSA) is 6.48 Å². The van der Waals surface area contributed by atoms with Gasteiger partial charge in [-0.05, 0) is 156 Å². The standard InChI is InChI=1S/C75H52N2/c1-5-24-53(25-6-1)74(69-41-17-13-36-63(69)64-37-14-18-42-70(64)74)55-28-21-34-59(49-55)76(57-30-9-3-10-31-57)61-47-46-52-48-68-62(67(52)51-61)40-23-45-73(68)77(58-32-11-4-12-33-58)60-35-22-29-56(50-60)75(54-26-7-2-8-27-54)71-43-19-15-38-65(71)66-39-16-20-44-72(66)75/h1-47,49-51H,48H2.